The Morgan fingerprint density at radius 1 is 1.12 bits per heavy atom. The minimum absolute atomic E-state index is 0.0605. The van der Waals surface area contributed by atoms with E-state index in [0.29, 0.717) is 37.4 Å². The molecule has 3 aliphatic heterocycles. The van der Waals surface area contributed by atoms with E-state index in [1.807, 2.05) is 36.1 Å². The number of ether oxygens (including phenoxy) is 1. The van der Waals surface area contributed by atoms with Crippen molar-refractivity contribution in [2.45, 2.75) is 107 Å². The number of alkyl halides is 1. The minimum Gasteiger partial charge on any atom is -0.494 e. The number of aliphatic hydroxyl groups excluding tert-OH is 1. The van der Waals surface area contributed by atoms with E-state index in [-0.39, 0.29) is 52.3 Å². The van der Waals surface area contributed by atoms with Gasteiger partial charge in [-0.05, 0) is 75.6 Å². The number of rotatable bonds is 15. The van der Waals surface area contributed by atoms with Gasteiger partial charge in [0, 0.05) is 34.4 Å². The predicted molar refractivity (Wildman–Crippen MR) is 200 cm³/mol. The van der Waals surface area contributed by atoms with Gasteiger partial charge in [-0.2, -0.15) is 0 Å². The van der Waals surface area contributed by atoms with Gasteiger partial charge in [-0.3, -0.25) is 14.4 Å². The highest BCUT2D eigenvalue weighted by Gasteiger charge is 2.76. The van der Waals surface area contributed by atoms with E-state index < -0.39 is 34.2 Å². The van der Waals surface area contributed by atoms with Crippen LogP contribution in [0.1, 0.15) is 74.7 Å². The summed E-state index contributed by atoms with van der Waals surface area (Å²) in [5.74, 6) is -0.996. The Morgan fingerprint density at radius 3 is 2.27 bits per heavy atom. The van der Waals surface area contributed by atoms with Crippen molar-refractivity contribution in [3.05, 3.63) is 49.6 Å². The first-order chi connectivity index (χ1) is 22.5. The average molecular weight is 747 g/mol. The molecule has 0 aliphatic carbocycles. The van der Waals surface area contributed by atoms with Crippen LogP contribution >= 0.6 is 27.7 Å². The fourth-order valence-electron chi connectivity index (χ4n) is 8.67. The molecule has 1 aromatic rings. The van der Waals surface area contributed by atoms with Crippen molar-refractivity contribution in [3.63, 3.8) is 0 Å². The normalized spacial score (nSPS) is 27.2. The second-order valence-electron chi connectivity index (χ2n) is 15.8. The number of likely N-dealkylation sites (tertiary alicyclic amines) is 1. The third-order valence-corrected chi connectivity index (χ3v) is 13.1. The van der Waals surface area contributed by atoms with Gasteiger partial charge in [0.15, 0.2) is 0 Å². The molecule has 7 atom stereocenters. The fourth-order valence-corrected chi connectivity index (χ4v) is 12.3. The minimum atomic E-state index is -0.840. The van der Waals surface area contributed by atoms with Gasteiger partial charge in [-0.15, -0.1) is 24.9 Å². The van der Waals surface area contributed by atoms with Crippen LogP contribution in [0.15, 0.2) is 49.6 Å². The molecule has 0 radical (unpaired) electrons. The molecule has 48 heavy (non-hydrogen) atoms. The first kappa shape index (κ1) is 38.5. The Hall–Kier alpha value is -2.30. The van der Waals surface area contributed by atoms with Crippen molar-refractivity contribution < 1.29 is 24.2 Å². The summed E-state index contributed by atoms with van der Waals surface area (Å²) >= 11 is 5.54. The molecule has 4 rings (SSSR count). The van der Waals surface area contributed by atoms with Gasteiger partial charge in [-0.25, -0.2) is 0 Å². The van der Waals surface area contributed by atoms with E-state index >= 15 is 4.79 Å². The van der Waals surface area contributed by atoms with Crippen molar-refractivity contribution in [1.29, 1.82) is 0 Å². The van der Waals surface area contributed by atoms with Crippen LogP contribution in [0.25, 0.3) is 0 Å². The Bertz CT molecular complexity index is 1360. The van der Waals surface area contributed by atoms with Gasteiger partial charge in [0.2, 0.25) is 17.7 Å². The summed E-state index contributed by atoms with van der Waals surface area (Å²) in [7, 11) is 0. The van der Waals surface area contributed by atoms with Gasteiger partial charge in [0.25, 0.3) is 0 Å². The second kappa shape index (κ2) is 14.9. The van der Waals surface area contributed by atoms with E-state index in [2.05, 4.69) is 77.6 Å². The van der Waals surface area contributed by atoms with E-state index in [4.69, 9.17) is 4.74 Å². The van der Waals surface area contributed by atoms with Gasteiger partial charge >= 0.3 is 0 Å². The van der Waals surface area contributed by atoms with E-state index in [1.165, 1.54) is 0 Å². The van der Waals surface area contributed by atoms with Crippen molar-refractivity contribution in [2.24, 2.45) is 23.2 Å². The molecule has 1 spiro atoms. The summed E-state index contributed by atoms with van der Waals surface area (Å²) in [5, 5.41) is 10.6. The molecule has 0 aromatic heterocycles. The Morgan fingerprint density at radius 2 is 1.75 bits per heavy atom. The number of nitrogens with zero attached hydrogens (tertiary/aromatic N) is 3. The number of hydrogen-bond acceptors (Lipinski definition) is 6. The highest BCUT2D eigenvalue weighted by molar-refractivity contribution is 9.09. The molecule has 266 valence electrons. The zero-order valence-corrected chi connectivity index (χ0v) is 32.5. The Balaban J connectivity index is 1.85. The number of carbonyl (C=O) groups excluding carboxylic acids is 3. The topological polar surface area (TPSA) is 90.4 Å². The van der Waals surface area contributed by atoms with Crippen molar-refractivity contribution in [1.82, 2.24) is 9.80 Å². The zero-order valence-electron chi connectivity index (χ0n) is 30.1. The molecular formula is C38H56BrN3O5S. The largest absolute Gasteiger partial charge is 0.494 e. The third kappa shape index (κ3) is 7.27. The summed E-state index contributed by atoms with van der Waals surface area (Å²) in [6.45, 7) is 25.5. The number of carbonyl (C=O) groups is 3. The van der Waals surface area contributed by atoms with Gasteiger partial charge < -0.3 is 24.5 Å². The zero-order chi connectivity index (χ0) is 35.8. The molecule has 3 saturated heterocycles. The summed E-state index contributed by atoms with van der Waals surface area (Å²) in [4.78, 5) is 50.2. The highest BCUT2D eigenvalue weighted by Crippen LogP contribution is 2.68. The number of halogens is 1. The van der Waals surface area contributed by atoms with Gasteiger partial charge in [0.05, 0.1) is 35.8 Å². The number of fused-ring (bicyclic) bond motifs is 1. The highest BCUT2D eigenvalue weighted by atomic mass is 79.9. The predicted octanol–water partition coefficient (Wildman–Crippen LogP) is 6.71. The number of hydrogen-bond donors (Lipinski definition) is 1. The lowest BCUT2D eigenvalue weighted by atomic mass is 9.70. The number of anilines is 1. The smallest absolute Gasteiger partial charge is 0.247 e. The second-order valence-corrected chi connectivity index (χ2v) is 18.5. The molecule has 3 heterocycles. The van der Waals surface area contributed by atoms with Crippen LogP contribution in [0.3, 0.4) is 0 Å². The van der Waals surface area contributed by atoms with Crippen molar-refractivity contribution in [3.8, 4) is 5.75 Å². The summed E-state index contributed by atoms with van der Waals surface area (Å²) in [6, 6.07) is 6.01. The Kier molecular flexibility index (Phi) is 11.9. The standard InChI is InChI=1S/C38H56BrN3O5S/c1-11-18-40(25-14-16-27(17-15-25)47-13-3)33(44)29-30-34(45)42(26(22-43)20-24(4)5)32(38(30)21-28(39)31(29)48-38)35(46)41(19-12-2)37(9,10)23-36(6,7)8/h11-12,14-17,24,26,28-32,43H,1-2,13,18-23H2,3-10H3/t26-,28?,29+,30+,31+,32?,38?/m1/s1. The molecule has 3 aliphatic rings. The third-order valence-electron chi connectivity index (χ3n) is 9.90. The molecule has 8 nitrogen and oxygen atoms in total. The molecule has 10 heteroatoms. The Labute approximate surface area is 300 Å². The summed E-state index contributed by atoms with van der Waals surface area (Å²) in [6.07, 6.45) is 5.30. The molecule has 2 bridgehead atoms. The fraction of sp³-hybridized carbons (Fsp3) is 0.658. The SMILES string of the molecule is C=CCN(C(=O)[C@H]1[C@H]2C(=O)N([C@@H](CO)CC(C)C)C(C(=O)N(CC=C)C(C)(C)CC(C)(C)C)C23CC(Br)[C@@H]1S3)c1ccc(OCC)cc1. The summed E-state index contributed by atoms with van der Waals surface area (Å²) < 4.78 is 4.79. The number of thioether (sulfide) groups is 1. The van der Waals surface area contributed by atoms with Crippen LogP contribution in [-0.2, 0) is 14.4 Å². The molecule has 3 amide bonds. The molecule has 1 aromatic carbocycles. The van der Waals surface area contributed by atoms with Crippen LogP contribution < -0.4 is 9.64 Å². The lowest BCUT2D eigenvalue weighted by Gasteiger charge is -2.47. The number of aliphatic hydroxyl groups is 1. The first-order valence-corrected chi connectivity index (χ1v) is 19.1. The van der Waals surface area contributed by atoms with Crippen molar-refractivity contribution >= 4 is 51.1 Å². The molecular weight excluding hydrogens is 690 g/mol. The maximum atomic E-state index is 15.2. The van der Waals surface area contributed by atoms with E-state index in [0.717, 1.165) is 6.42 Å². The lowest BCUT2D eigenvalue weighted by Crippen LogP contribution is -2.62. The molecule has 1 N–H and O–H groups in total. The number of amides is 3. The van der Waals surface area contributed by atoms with E-state index in [1.54, 1.807) is 33.7 Å². The quantitative estimate of drug-likeness (QED) is 0.159. The van der Waals surface area contributed by atoms with Crippen LogP contribution in [0.5, 0.6) is 5.75 Å². The molecule has 3 unspecified atom stereocenters. The van der Waals surface area contributed by atoms with Gasteiger partial charge in [-0.1, -0.05) is 62.7 Å². The monoisotopic (exact) mass is 745 g/mol. The van der Waals surface area contributed by atoms with Gasteiger partial charge in [0.1, 0.15) is 11.8 Å². The van der Waals surface area contributed by atoms with Crippen LogP contribution in [0, 0.1) is 23.2 Å². The van der Waals surface area contributed by atoms with Crippen molar-refractivity contribution in [2.75, 3.05) is 31.2 Å². The van der Waals surface area contributed by atoms with Crippen LogP contribution in [-0.4, -0.2) is 91.4 Å². The van der Waals surface area contributed by atoms with E-state index in [9.17, 15) is 14.7 Å². The molecule has 0 saturated carbocycles. The first-order valence-electron chi connectivity index (χ1n) is 17.3. The number of benzene rings is 1. The maximum absolute atomic E-state index is 15.2. The average Bonchev–Trinajstić information content (AvgIpc) is 3.59. The van der Waals surface area contributed by atoms with Crippen LogP contribution in [0.4, 0.5) is 5.69 Å². The molecule has 3 fully saturated rings. The van der Waals surface area contributed by atoms with Crippen LogP contribution in [0.2, 0.25) is 0 Å². The summed E-state index contributed by atoms with van der Waals surface area (Å²) in [5.41, 5.74) is 0.0910. The maximum Gasteiger partial charge on any atom is 0.247 e. The lowest BCUT2D eigenvalue weighted by molar-refractivity contribution is -0.149.